The van der Waals surface area contributed by atoms with Gasteiger partial charge in [-0.1, -0.05) is 18.2 Å². The molecule has 0 N–H and O–H groups in total. The molecule has 0 aliphatic carbocycles. The third-order valence-electron chi connectivity index (χ3n) is 2.70. The van der Waals surface area contributed by atoms with Gasteiger partial charge in [-0.25, -0.2) is 0 Å². The first-order valence-corrected chi connectivity index (χ1v) is 4.93. The Kier molecular flexibility index (Phi) is 2.42. The molecule has 1 aromatic carbocycles. The maximum atomic E-state index is 11.0. The lowest BCUT2D eigenvalue weighted by molar-refractivity contribution is 0.111. The number of benzene rings is 1. The van der Waals surface area contributed by atoms with Gasteiger partial charge in [-0.05, 0) is 37.1 Å². The van der Waals surface area contributed by atoms with Gasteiger partial charge in [-0.3, -0.25) is 4.79 Å². The van der Waals surface area contributed by atoms with Gasteiger partial charge >= 0.3 is 0 Å². The summed E-state index contributed by atoms with van der Waals surface area (Å²) < 4.78 is 1.93. The van der Waals surface area contributed by atoms with Crippen LogP contribution in [0.15, 0.2) is 36.5 Å². The first-order chi connectivity index (χ1) is 7.24. The highest BCUT2D eigenvalue weighted by molar-refractivity contribution is 5.77. The van der Waals surface area contributed by atoms with Crippen LogP contribution in [0.25, 0.3) is 5.69 Å². The normalized spacial score (nSPS) is 10.3. The predicted molar refractivity (Wildman–Crippen MR) is 60.6 cm³/mol. The summed E-state index contributed by atoms with van der Waals surface area (Å²) in [6.07, 6.45) is 2.91. The lowest BCUT2D eigenvalue weighted by Crippen LogP contribution is -1.98. The number of aldehydes is 1. The molecule has 0 saturated carbocycles. The van der Waals surface area contributed by atoms with Crippen molar-refractivity contribution >= 4 is 6.29 Å². The third kappa shape index (κ3) is 1.59. The number of hydrogen-bond acceptors (Lipinski definition) is 1. The Morgan fingerprint density at radius 2 is 1.80 bits per heavy atom. The topological polar surface area (TPSA) is 22.0 Å². The summed E-state index contributed by atoms with van der Waals surface area (Å²) in [4.78, 5) is 11.0. The molecule has 0 atom stereocenters. The number of nitrogens with zero attached hydrogens (tertiary/aromatic N) is 1. The number of aromatic nitrogens is 1. The van der Waals surface area contributed by atoms with Crippen molar-refractivity contribution in [2.45, 2.75) is 13.8 Å². The van der Waals surface area contributed by atoms with Gasteiger partial charge in [0.15, 0.2) is 6.29 Å². The Balaban J connectivity index is 2.63. The van der Waals surface area contributed by atoms with Crippen molar-refractivity contribution in [1.29, 1.82) is 0 Å². The summed E-state index contributed by atoms with van der Waals surface area (Å²) in [5.74, 6) is 0. The highest BCUT2D eigenvalue weighted by Crippen LogP contribution is 2.18. The van der Waals surface area contributed by atoms with Crippen molar-refractivity contribution in [3.05, 3.63) is 53.3 Å². The summed E-state index contributed by atoms with van der Waals surface area (Å²) >= 11 is 0. The van der Waals surface area contributed by atoms with E-state index in [1.165, 1.54) is 0 Å². The molecule has 0 aliphatic rings. The lowest BCUT2D eigenvalue weighted by Gasteiger charge is -2.04. The molecule has 76 valence electrons. The van der Waals surface area contributed by atoms with Crippen molar-refractivity contribution in [2.75, 3.05) is 0 Å². The highest BCUT2D eigenvalue weighted by Gasteiger charge is 2.09. The van der Waals surface area contributed by atoms with Gasteiger partial charge in [-0.15, -0.1) is 0 Å². The lowest BCUT2D eigenvalue weighted by atomic mass is 10.2. The van der Waals surface area contributed by atoms with E-state index in [1.54, 1.807) is 0 Å². The van der Waals surface area contributed by atoms with Crippen LogP contribution in [-0.2, 0) is 0 Å². The van der Waals surface area contributed by atoms with E-state index >= 15 is 0 Å². The average molecular weight is 199 g/mol. The van der Waals surface area contributed by atoms with Gasteiger partial charge in [0.1, 0.15) is 0 Å². The summed E-state index contributed by atoms with van der Waals surface area (Å²) in [7, 11) is 0. The number of carbonyl (C=O) groups excluding carboxylic acids is 1. The molecule has 15 heavy (non-hydrogen) atoms. The summed E-state index contributed by atoms with van der Waals surface area (Å²) in [5, 5.41) is 0. The minimum atomic E-state index is 0.735. The van der Waals surface area contributed by atoms with Gasteiger partial charge in [-0.2, -0.15) is 0 Å². The SMILES string of the molecule is Cc1cn(-c2ccccc2)c(C=O)c1C. The minimum Gasteiger partial charge on any atom is -0.314 e. The van der Waals surface area contributed by atoms with Gasteiger partial charge in [0.05, 0.1) is 5.69 Å². The van der Waals surface area contributed by atoms with Gasteiger partial charge < -0.3 is 4.57 Å². The van der Waals surface area contributed by atoms with E-state index in [9.17, 15) is 4.79 Å². The molecule has 0 fully saturated rings. The number of hydrogen-bond donors (Lipinski definition) is 0. The Morgan fingerprint density at radius 3 is 2.40 bits per heavy atom. The molecular weight excluding hydrogens is 186 g/mol. The molecule has 2 rings (SSSR count). The van der Waals surface area contributed by atoms with Crippen molar-refractivity contribution in [3.63, 3.8) is 0 Å². The molecule has 0 aliphatic heterocycles. The smallest absolute Gasteiger partial charge is 0.167 e. The van der Waals surface area contributed by atoms with E-state index in [0.29, 0.717) is 0 Å². The zero-order chi connectivity index (χ0) is 10.8. The fraction of sp³-hybridized carbons (Fsp3) is 0.154. The second-order valence-corrected chi connectivity index (χ2v) is 3.65. The Morgan fingerprint density at radius 1 is 1.13 bits per heavy atom. The fourth-order valence-corrected chi connectivity index (χ4v) is 1.69. The molecule has 0 spiro atoms. The molecule has 0 saturated heterocycles. The predicted octanol–water partition coefficient (Wildman–Crippen LogP) is 2.91. The average Bonchev–Trinajstić information content (AvgIpc) is 2.56. The standard InChI is InChI=1S/C13H13NO/c1-10-8-14(13(9-15)11(10)2)12-6-4-3-5-7-12/h3-9H,1-2H3. The van der Waals surface area contributed by atoms with Crippen molar-refractivity contribution < 1.29 is 4.79 Å². The fourth-order valence-electron chi connectivity index (χ4n) is 1.69. The maximum Gasteiger partial charge on any atom is 0.167 e. The molecule has 1 heterocycles. The maximum absolute atomic E-state index is 11.0. The first-order valence-electron chi connectivity index (χ1n) is 4.93. The van der Waals surface area contributed by atoms with E-state index < -0.39 is 0 Å². The second-order valence-electron chi connectivity index (χ2n) is 3.65. The Bertz CT molecular complexity index is 483. The van der Waals surface area contributed by atoms with Crippen LogP contribution in [0.4, 0.5) is 0 Å². The number of carbonyl (C=O) groups is 1. The summed E-state index contributed by atoms with van der Waals surface area (Å²) in [5.41, 5.74) is 3.95. The second kappa shape index (κ2) is 3.73. The largest absolute Gasteiger partial charge is 0.314 e. The molecule has 0 radical (unpaired) electrons. The van der Waals surface area contributed by atoms with Crippen LogP contribution < -0.4 is 0 Å². The van der Waals surface area contributed by atoms with Crippen molar-refractivity contribution in [1.82, 2.24) is 4.57 Å². The molecule has 2 aromatic rings. The van der Waals surface area contributed by atoms with Gasteiger partial charge in [0, 0.05) is 11.9 Å². The monoisotopic (exact) mass is 199 g/mol. The van der Waals surface area contributed by atoms with Crippen LogP contribution >= 0.6 is 0 Å². The van der Waals surface area contributed by atoms with E-state index in [-0.39, 0.29) is 0 Å². The molecular formula is C13H13NO. The van der Waals surface area contributed by atoms with Gasteiger partial charge in [0.2, 0.25) is 0 Å². The van der Waals surface area contributed by atoms with Crippen LogP contribution in [0.2, 0.25) is 0 Å². The van der Waals surface area contributed by atoms with Crippen LogP contribution in [0.5, 0.6) is 0 Å². The molecule has 0 bridgehead atoms. The van der Waals surface area contributed by atoms with Crippen LogP contribution in [0.1, 0.15) is 21.6 Å². The molecule has 1 aromatic heterocycles. The Hall–Kier alpha value is -1.83. The molecule has 2 nitrogen and oxygen atoms in total. The summed E-state index contributed by atoms with van der Waals surface area (Å²) in [6, 6.07) is 9.88. The zero-order valence-corrected chi connectivity index (χ0v) is 8.90. The number of para-hydroxylation sites is 1. The van der Waals surface area contributed by atoms with E-state index in [0.717, 1.165) is 28.8 Å². The highest BCUT2D eigenvalue weighted by atomic mass is 16.1. The summed E-state index contributed by atoms with van der Waals surface area (Å²) in [6.45, 7) is 3.99. The molecule has 2 heteroatoms. The number of rotatable bonds is 2. The van der Waals surface area contributed by atoms with Crippen LogP contribution in [0.3, 0.4) is 0 Å². The van der Waals surface area contributed by atoms with E-state index in [2.05, 4.69) is 0 Å². The van der Waals surface area contributed by atoms with E-state index in [1.807, 2.05) is 54.9 Å². The Labute approximate surface area is 89.2 Å². The first kappa shape index (κ1) is 9.71. The number of aryl methyl sites for hydroxylation is 1. The van der Waals surface area contributed by atoms with Crippen molar-refractivity contribution in [2.24, 2.45) is 0 Å². The van der Waals surface area contributed by atoms with E-state index in [4.69, 9.17) is 0 Å². The third-order valence-corrected chi connectivity index (χ3v) is 2.70. The zero-order valence-electron chi connectivity index (χ0n) is 8.90. The minimum absolute atomic E-state index is 0.735. The van der Waals surface area contributed by atoms with Crippen LogP contribution in [0, 0.1) is 13.8 Å². The van der Waals surface area contributed by atoms with Gasteiger partial charge in [0.25, 0.3) is 0 Å². The van der Waals surface area contributed by atoms with Crippen LogP contribution in [-0.4, -0.2) is 10.9 Å². The quantitative estimate of drug-likeness (QED) is 0.681. The molecule has 0 amide bonds. The van der Waals surface area contributed by atoms with Crippen molar-refractivity contribution in [3.8, 4) is 5.69 Å². The molecule has 0 unspecified atom stereocenters.